The average molecular weight is 456 g/mol. The summed E-state index contributed by atoms with van der Waals surface area (Å²) in [5.74, 6) is -0.215. The van der Waals surface area contributed by atoms with Gasteiger partial charge >= 0.3 is 0 Å². The van der Waals surface area contributed by atoms with Crippen molar-refractivity contribution in [1.29, 1.82) is 0 Å². The normalized spacial score (nSPS) is 13.9. The number of carbonyl (C=O) groups is 2. The first kappa shape index (κ1) is 21.3. The Hall–Kier alpha value is -2.97. The summed E-state index contributed by atoms with van der Waals surface area (Å²) in [5, 5.41) is 5.81. The maximum absolute atomic E-state index is 12.9. The van der Waals surface area contributed by atoms with Crippen molar-refractivity contribution >= 4 is 45.6 Å². The van der Waals surface area contributed by atoms with Gasteiger partial charge in [0.25, 0.3) is 5.91 Å². The van der Waals surface area contributed by atoms with E-state index >= 15 is 0 Å². The first-order valence-electron chi connectivity index (χ1n) is 9.92. The maximum atomic E-state index is 12.9. The molecule has 0 unspecified atom stereocenters. The van der Waals surface area contributed by atoms with Crippen molar-refractivity contribution in [2.24, 2.45) is 0 Å². The Bertz CT molecular complexity index is 1120. The summed E-state index contributed by atoms with van der Waals surface area (Å²) in [6.45, 7) is 6.26. The van der Waals surface area contributed by atoms with Crippen LogP contribution in [-0.2, 0) is 4.79 Å². The fourth-order valence-electron chi connectivity index (χ4n) is 3.64. The van der Waals surface area contributed by atoms with Crippen LogP contribution in [0.25, 0.3) is 11.3 Å². The summed E-state index contributed by atoms with van der Waals surface area (Å²) < 4.78 is 0. The van der Waals surface area contributed by atoms with Gasteiger partial charge in [-0.1, -0.05) is 29.8 Å². The lowest BCUT2D eigenvalue weighted by molar-refractivity contribution is -0.129. The standard InChI is InChI=1S/C22H22ClN5O2S/c1-14-19(28-11-9-27(10-12-28)15(2)29)7-8-24-20(14)21(30)26-22-25-18(13-31-22)16-5-3-4-6-17(16)23/h3-8,13H,9-12H2,1-2H3,(H,25,26,30). The number of pyridine rings is 1. The number of piperazine rings is 1. The third kappa shape index (κ3) is 4.55. The van der Waals surface area contributed by atoms with Crippen molar-refractivity contribution in [3.05, 3.63) is 58.2 Å². The second kappa shape index (κ2) is 9.03. The highest BCUT2D eigenvalue weighted by atomic mass is 35.5. The van der Waals surface area contributed by atoms with Gasteiger partial charge in [-0.2, -0.15) is 0 Å². The molecular formula is C22H22ClN5O2S. The van der Waals surface area contributed by atoms with E-state index < -0.39 is 0 Å². The number of nitrogens with one attached hydrogen (secondary N) is 1. The predicted octanol–water partition coefficient (Wildman–Crippen LogP) is 4.09. The number of rotatable bonds is 4. The maximum Gasteiger partial charge on any atom is 0.276 e. The molecule has 2 amide bonds. The van der Waals surface area contributed by atoms with Crippen LogP contribution < -0.4 is 10.2 Å². The lowest BCUT2D eigenvalue weighted by Gasteiger charge is -2.36. The zero-order valence-electron chi connectivity index (χ0n) is 17.3. The van der Waals surface area contributed by atoms with Crippen LogP contribution in [0.15, 0.2) is 41.9 Å². The van der Waals surface area contributed by atoms with Gasteiger partial charge in [0.1, 0.15) is 5.69 Å². The van der Waals surface area contributed by atoms with Crippen LogP contribution in [0.5, 0.6) is 0 Å². The predicted molar refractivity (Wildman–Crippen MR) is 124 cm³/mol. The molecule has 3 aromatic rings. The fraction of sp³-hybridized carbons (Fsp3) is 0.273. The largest absolute Gasteiger partial charge is 0.368 e. The molecule has 1 aliphatic heterocycles. The summed E-state index contributed by atoms with van der Waals surface area (Å²) in [5.41, 5.74) is 3.66. The number of halogens is 1. The Balaban J connectivity index is 1.49. The molecule has 31 heavy (non-hydrogen) atoms. The van der Waals surface area contributed by atoms with Gasteiger partial charge < -0.3 is 9.80 Å². The molecule has 0 radical (unpaired) electrons. The van der Waals surface area contributed by atoms with Crippen molar-refractivity contribution in [2.45, 2.75) is 13.8 Å². The molecule has 0 aliphatic carbocycles. The summed E-state index contributed by atoms with van der Waals surface area (Å²) in [6.07, 6.45) is 1.64. The quantitative estimate of drug-likeness (QED) is 0.641. The van der Waals surface area contributed by atoms with Crippen LogP contribution in [0.2, 0.25) is 5.02 Å². The van der Waals surface area contributed by atoms with Gasteiger partial charge in [0.15, 0.2) is 5.13 Å². The van der Waals surface area contributed by atoms with Gasteiger partial charge in [-0.3, -0.25) is 19.9 Å². The van der Waals surface area contributed by atoms with E-state index in [0.29, 0.717) is 34.6 Å². The summed E-state index contributed by atoms with van der Waals surface area (Å²) in [7, 11) is 0. The third-order valence-electron chi connectivity index (χ3n) is 5.33. The monoisotopic (exact) mass is 455 g/mol. The number of hydrogen-bond donors (Lipinski definition) is 1. The first-order chi connectivity index (χ1) is 14.9. The second-order valence-electron chi connectivity index (χ2n) is 7.27. The number of aromatic nitrogens is 2. The molecule has 1 aromatic carbocycles. The van der Waals surface area contributed by atoms with Gasteiger partial charge in [0.2, 0.25) is 5.91 Å². The number of anilines is 2. The van der Waals surface area contributed by atoms with Crippen molar-refractivity contribution in [2.75, 3.05) is 36.4 Å². The zero-order chi connectivity index (χ0) is 22.0. The minimum absolute atomic E-state index is 0.0887. The molecular weight excluding hydrogens is 434 g/mol. The second-order valence-corrected chi connectivity index (χ2v) is 8.53. The van der Waals surface area contributed by atoms with Gasteiger partial charge in [0, 0.05) is 66.5 Å². The zero-order valence-corrected chi connectivity index (χ0v) is 18.8. The van der Waals surface area contributed by atoms with Gasteiger partial charge in [0.05, 0.1) is 5.69 Å². The number of benzene rings is 1. The Morgan fingerprint density at radius 2 is 1.87 bits per heavy atom. The van der Waals surface area contributed by atoms with Crippen LogP contribution in [-0.4, -0.2) is 52.9 Å². The van der Waals surface area contributed by atoms with E-state index in [4.69, 9.17) is 11.6 Å². The van der Waals surface area contributed by atoms with E-state index in [1.54, 1.807) is 13.1 Å². The highest BCUT2D eigenvalue weighted by molar-refractivity contribution is 7.14. The van der Waals surface area contributed by atoms with Crippen LogP contribution in [0.1, 0.15) is 23.0 Å². The molecule has 2 aromatic heterocycles. The van der Waals surface area contributed by atoms with Crippen molar-refractivity contribution < 1.29 is 9.59 Å². The number of hydrogen-bond acceptors (Lipinski definition) is 6. The molecule has 0 bridgehead atoms. The number of nitrogens with zero attached hydrogens (tertiary/aromatic N) is 4. The van der Waals surface area contributed by atoms with E-state index in [-0.39, 0.29) is 11.8 Å². The highest BCUT2D eigenvalue weighted by Gasteiger charge is 2.23. The lowest BCUT2D eigenvalue weighted by atomic mass is 10.1. The summed E-state index contributed by atoms with van der Waals surface area (Å²) in [4.78, 5) is 37.3. The molecule has 1 aliphatic rings. The Kier molecular flexibility index (Phi) is 6.20. The lowest BCUT2D eigenvalue weighted by Crippen LogP contribution is -2.48. The van der Waals surface area contributed by atoms with E-state index in [0.717, 1.165) is 29.9 Å². The van der Waals surface area contributed by atoms with Crippen LogP contribution >= 0.6 is 22.9 Å². The fourth-order valence-corrected chi connectivity index (χ4v) is 4.58. The molecule has 160 valence electrons. The topological polar surface area (TPSA) is 78.4 Å². The van der Waals surface area contributed by atoms with Crippen LogP contribution in [0.3, 0.4) is 0 Å². The molecule has 4 rings (SSSR count). The van der Waals surface area contributed by atoms with E-state index in [1.165, 1.54) is 11.3 Å². The van der Waals surface area contributed by atoms with Crippen LogP contribution in [0.4, 0.5) is 10.8 Å². The molecule has 1 N–H and O–H groups in total. The van der Waals surface area contributed by atoms with Crippen molar-refractivity contribution in [3.63, 3.8) is 0 Å². The summed E-state index contributed by atoms with van der Waals surface area (Å²) in [6, 6.07) is 9.37. The molecule has 0 saturated carbocycles. The number of carbonyl (C=O) groups excluding carboxylic acids is 2. The molecule has 3 heterocycles. The van der Waals surface area contributed by atoms with E-state index in [9.17, 15) is 9.59 Å². The van der Waals surface area contributed by atoms with E-state index in [2.05, 4.69) is 20.2 Å². The average Bonchev–Trinajstić information content (AvgIpc) is 3.22. The van der Waals surface area contributed by atoms with Crippen molar-refractivity contribution in [3.8, 4) is 11.3 Å². The number of thiazole rings is 1. The minimum atomic E-state index is -0.304. The first-order valence-corrected chi connectivity index (χ1v) is 11.2. The van der Waals surface area contributed by atoms with Crippen LogP contribution in [0, 0.1) is 6.92 Å². The Labute approximate surface area is 189 Å². The molecule has 1 fully saturated rings. The third-order valence-corrected chi connectivity index (χ3v) is 6.42. The molecule has 7 nitrogen and oxygen atoms in total. The minimum Gasteiger partial charge on any atom is -0.368 e. The van der Waals surface area contributed by atoms with Crippen molar-refractivity contribution in [1.82, 2.24) is 14.9 Å². The van der Waals surface area contributed by atoms with E-state index in [1.807, 2.05) is 47.5 Å². The smallest absolute Gasteiger partial charge is 0.276 e. The van der Waals surface area contributed by atoms with Gasteiger partial charge in [-0.05, 0) is 19.1 Å². The Morgan fingerprint density at radius 3 is 2.58 bits per heavy atom. The SMILES string of the molecule is CC(=O)N1CCN(c2ccnc(C(=O)Nc3nc(-c4ccccc4Cl)cs3)c2C)CC1. The summed E-state index contributed by atoms with van der Waals surface area (Å²) >= 11 is 7.59. The molecule has 1 saturated heterocycles. The highest BCUT2D eigenvalue weighted by Crippen LogP contribution is 2.31. The molecule has 9 heteroatoms. The van der Waals surface area contributed by atoms with Gasteiger partial charge in [-0.25, -0.2) is 4.98 Å². The molecule has 0 atom stereocenters. The van der Waals surface area contributed by atoms with Gasteiger partial charge in [-0.15, -0.1) is 11.3 Å². The number of amides is 2. The Morgan fingerprint density at radius 1 is 1.13 bits per heavy atom. The molecule has 0 spiro atoms.